The summed E-state index contributed by atoms with van der Waals surface area (Å²) in [7, 11) is 0. The van der Waals surface area contributed by atoms with E-state index < -0.39 is 4.92 Å². The average molecular weight is 540 g/mol. The number of rotatable bonds is 7. The molecule has 10 nitrogen and oxygen atoms in total. The largest absolute Gasteiger partial charge is 0.379 e. The molecule has 2 N–H and O–H groups in total. The number of piperazine rings is 1. The monoisotopic (exact) mass is 539 g/mol. The van der Waals surface area contributed by atoms with E-state index in [-0.39, 0.29) is 5.69 Å². The number of thiocarbonyl (C=S) groups is 1. The maximum Gasteiger partial charge on any atom is 0.311 e. The molecule has 0 radical (unpaired) electrons. The van der Waals surface area contributed by atoms with E-state index in [9.17, 15) is 10.1 Å². The number of pyridine rings is 1. The molecule has 2 aromatic rings. The minimum absolute atomic E-state index is 0.0265. The Morgan fingerprint density at radius 2 is 1.83 bits per heavy atom. The van der Waals surface area contributed by atoms with Crippen LogP contribution in [0.25, 0.3) is 0 Å². The first-order valence-electron chi connectivity index (χ1n) is 11.4. The number of hydrogen-bond donors (Lipinski definition) is 2. The lowest BCUT2D eigenvalue weighted by Crippen LogP contribution is -2.50. The summed E-state index contributed by atoms with van der Waals surface area (Å²) in [6.45, 7) is 7.24. The van der Waals surface area contributed by atoms with Crippen LogP contribution in [-0.4, -0.2) is 90.4 Å². The molecule has 4 rings (SSSR count). The van der Waals surface area contributed by atoms with Crippen molar-refractivity contribution in [3.8, 4) is 0 Å². The predicted molar refractivity (Wildman–Crippen MR) is 143 cm³/mol. The number of aromatic nitrogens is 1. The molecule has 0 aliphatic carbocycles. The van der Waals surface area contributed by atoms with Crippen molar-refractivity contribution in [2.75, 3.05) is 81.1 Å². The molecule has 35 heavy (non-hydrogen) atoms. The molecule has 3 heterocycles. The van der Waals surface area contributed by atoms with E-state index in [1.54, 1.807) is 18.2 Å². The summed E-state index contributed by atoms with van der Waals surface area (Å²) in [5.74, 6) is 0.993. The zero-order valence-electron chi connectivity index (χ0n) is 19.1. The Balaban J connectivity index is 1.34. The first kappa shape index (κ1) is 25.6. The predicted octanol–water partition coefficient (Wildman–Crippen LogP) is 3.56. The Morgan fingerprint density at radius 1 is 1.09 bits per heavy atom. The SMILES string of the molecule is O=[N+]([O-])c1ccc(N2CCN(C(=S)Nc3ccc(Cl)c(Cl)c3)CC2)nc1NCCN1CCOCC1. The van der Waals surface area contributed by atoms with Crippen molar-refractivity contribution in [2.24, 2.45) is 0 Å². The Labute approximate surface area is 219 Å². The summed E-state index contributed by atoms with van der Waals surface area (Å²) in [5, 5.41) is 19.4. The summed E-state index contributed by atoms with van der Waals surface area (Å²) >= 11 is 17.6. The number of hydrogen-bond acceptors (Lipinski definition) is 8. The van der Waals surface area contributed by atoms with Crippen LogP contribution in [0.1, 0.15) is 0 Å². The maximum absolute atomic E-state index is 11.5. The highest BCUT2D eigenvalue weighted by molar-refractivity contribution is 7.80. The van der Waals surface area contributed by atoms with Crippen molar-refractivity contribution < 1.29 is 9.66 Å². The molecule has 2 aliphatic rings. The van der Waals surface area contributed by atoms with Crippen LogP contribution in [0.15, 0.2) is 30.3 Å². The van der Waals surface area contributed by atoms with E-state index in [4.69, 9.17) is 40.2 Å². The Hall–Kier alpha value is -2.44. The second-order valence-corrected chi connectivity index (χ2v) is 9.41. The Kier molecular flexibility index (Phi) is 8.79. The van der Waals surface area contributed by atoms with Gasteiger partial charge in [0.2, 0.25) is 5.82 Å². The maximum atomic E-state index is 11.5. The first-order chi connectivity index (χ1) is 16.9. The fourth-order valence-electron chi connectivity index (χ4n) is 3.97. The van der Waals surface area contributed by atoms with E-state index >= 15 is 0 Å². The molecule has 0 amide bonds. The van der Waals surface area contributed by atoms with Gasteiger partial charge in [-0.3, -0.25) is 15.0 Å². The van der Waals surface area contributed by atoms with Crippen molar-refractivity contribution in [3.63, 3.8) is 0 Å². The van der Waals surface area contributed by atoms with Crippen molar-refractivity contribution in [3.05, 3.63) is 50.5 Å². The zero-order valence-corrected chi connectivity index (χ0v) is 21.4. The summed E-state index contributed by atoms with van der Waals surface area (Å²) in [5.41, 5.74) is 0.748. The van der Waals surface area contributed by atoms with Gasteiger partial charge in [0, 0.05) is 64.1 Å². The summed E-state index contributed by atoms with van der Waals surface area (Å²) < 4.78 is 5.36. The van der Waals surface area contributed by atoms with Crippen LogP contribution in [0.2, 0.25) is 10.0 Å². The molecule has 1 aromatic carbocycles. The van der Waals surface area contributed by atoms with E-state index in [1.807, 2.05) is 6.07 Å². The molecule has 0 bridgehead atoms. The molecule has 0 atom stereocenters. The topological polar surface area (TPSA) is 99.0 Å². The smallest absolute Gasteiger partial charge is 0.311 e. The van der Waals surface area contributed by atoms with Gasteiger partial charge in [-0.25, -0.2) is 4.98 Å². The van der Waals surface area contributed by atoms with E-state index in [1.165, 1.54) is 6.07 Å². The minimum Gasteiger partial charge on any atom is -0.379 e. The molecule has 1 aromatic heterocycles. The number of nitrogens with one attached hydrogen (secondary N) is 2. The van der Waals surface area contributed by atoms with Gasteiger partial charge in [-0.05, 0) is 36.5 Å². The fraction of sp³-hybridized carbons (Fsp3) is 0.455. The van der Waals surface area contributed by atoms with E-state index in [0.717, 1.165) is 25.3 Å². The number of benzene rings is 1. The Morgan fingerprint density at radius 3 is 2.51 bits per heavy atom. The van der Waals surface area contributed by atoms with E-state index in [2.05, 4.69) is 30.3 Å². The fourth-order valence-corrected chi connectivity index (χ4v) is 4.57. The highest BCUT2D eigenvalue weighted by atomic mass is 35.5. The normalized spacial score (nSPS) is 16.7. The molecule has 2 fully saturated rings. The lowest BCUT2D eigenvalue weighted by atomic mass is 10.3. The van der Waals surface area contributed by atoms with Gasteiger partial charge in [0.1, 0.15) is 5.82 Å². The number of nitro groups is 1. The minimum atomic E-state index is -0.404. The first-order valence-corrected chi connectivity index (χ1v) is 12.5. The van der Waals surface area contributed by atoms with Crippen LogP contribution >= 0.6 is 35.4 Å². The van der Waals surface area contributed by atoms with Crippen LogP contribution in [0.3, 0.4) is 0 Å². The van der Waals surface area contributed by atoms with Gasteiger partial charge < -0.3 is 25.2 Å². The van der Waals surface area contributed by atoms with Gasteiger partial charge in [0.15, 0.2) is 5.11 Å². The van der Waals surface area contributed by atoms with Gasteiger partial charge in [-0.15, -0.1) is 0 Å². The number of halogens is 2. The van der Waals surface area contributed by atoms with Crippen LogP contribution in [0.4, 0.5) is 23.0 Å². The molecular weight excluding hydrogens is 513 g/mol. The van der Waals surface area contributed by atoms with Gasteiger partial charge >= 0.3 is 5.69 Å². The lowest BCUT2D eigenvalue weighted by Gasteiger charge is -2.37. The summed E-state index contributed by atoms with van der Waals surface area (Å²) in [4.78, 5) is 22.2. The van der Waals surface area contributed by atoms with Gasteiger partial charge in [0.05, 0.1) is 28.2 Å². The second-order valence-electron chi connectivity index (χ2n) is 8.21. The van der Waals surface area contributed by atoms with Gasteiger partial charge in [-0.1, -0.05) is 23.2 Å². The molecular formula is C22H27Cl2N7O3S. The zero-order chi connectivity index (χ0) is 24.8. The molecule has 188 valence electrons. The number of anilines is 3. The van der Waals surface area contributed by atoms with Crippen molar-refractivity contribution >= 4 is 63.5 Å². The molecule has 0 spiro atoms. The molecule has 0 saturated carbocycles. The summed E-state index contributed by atoms with van der Waals surface area (Å²) in [6, 6.07) is 8.50. The highest BCUT2D eigenvalue weighted by Crippen LogP contribution is 2.27. The molecule has 2 aliphatic heterocycles. The third-order valence-electron chi connectivity index (χ3n) is 5.94. The van der Waals surface area contributed by atoms with Crippen LogP contribution in [0, 0.1) is 10.1 Å². The second kappa shape index (κ2) is 12.0. The van der Waals surface area contributed by atoms with Crippen molar-refractivity contribution in [1.82, 2.24) is 14.8 Å². The number of nitrogens with zero attached hydrogens (tertiary/aromatic N) is 5. The number of morpholine rings is 1. The lowest BCUT2D eigenvalue weighted by molar-refractivity contribution is -0.384. The highest BCUT2D eigenvalue weighted by Gasteiger charge is 2.23. The van der Waals surface area contributed by atoms with Crippen molar-refractivity contribution in [2.45, 2.75) is 0 Å². The average Bonchev–Trinajstić information content (AvgIpc) is 2.87. The van der Waals surface area contributed by atoms with Crippen LogP contribution in [-0.2, 0) is 4.74 Å². The standard InChI is InChI=1S/C22H27Cl2N7O3S/c23-17-2-1-16(15-18(17)24)26-22(35)30-9-7-29(8-10-30)20-4-3-19(31(32)33)21(27-20)25-5-6-28-11-13-34-14-12-28/h1-4,15H,5-14H2,(H,25,27)(H,26,35). The van der Waals surface area contributed by atoms with Crippen LogP contribution in [0.5, 0.6) is 0 Å². The third kappa shape index (κ3) is 6.83. The molecule has 0 unspecified atom stereocenters. The quantitative estimate of drug-likeness (QED) is 0.308. The third-order valence-corrected chi connectivity index (χ3v) is 7.04. The van der Waals surface area contributed by atoms with Gasteiger partial charge in [-0.2, -0.15) is 0 Å². The molecule has 13 heteroatoms. The Bertz CT molecular complexity index is 1060. The van der Waals surface area contributed by atoms with Gasteiger partial charge in [0.25, 0.3) is 0 Å². The number of ether oxygens (including phenoxy) is 1. The summed E-state index contributed by atoms with van der Waals surface area (Å²) in [6.07, 6.45) is 0. The molecule has 2 saturated heterocycles. The van der Waals surface area contributed by atoms with Crippen LogP contribution < -0.4 is 15.5 Å². The van der Waals surface area contributed by atoms with Crippen molar-refractivity contribution in [1.29, 1.82) is 0 Å². The van der Waals surface area contributed by atoms with E-state index in [0.29, 0.717) is 72.7 Å².